The van der Waals surface area contributed by atoms with Crippen molar-refractivity contribution in [2.75, 3.05) is 6.54 Å². The minimum atomic E-state index is -5.32. The number of ether oxygens (including phenoxy) is 3. The molecule has 0 aromatic rings. The lowest BCUT2D eigenvalue weighted by Gasteiger charge is -2.40. The van der Waals surface area contributed by atoms with E-state index in [1.54, 1.807) is 0 Å². The molecule has 0 radical (unpaired) electrons. The van der Waals surface area contributed by atoms with Gasteiger partial charge in [0.1, 0.15) is 12.2 Å². The fraction of sp³-hybridized carbons (Fsp3) is 0.714. The number of esters is 2. The van der Waals surface area contributed by atoms with Gasteiger partial charge in [-0.2, -0.15) is 26.3 Å². The first kappa shape index (κ1) is 24.5. The molecule has 1 fully saturated rings. The zero-order valence-electron chi connectivity index (χ0n) is 14.8. The monoisotopic (exact) mass is 438 g/mol. The molecule has 0 aliphatic carbocycles. The van der Waals surface area contributed by atoms with Crippen LogP contribution in [0.1, 0.15) is 20.3 Å². The summed E-state index contributed by atoms with van der Waals surface area (Å²) in [4.78, 5) is 44.6. The molecular formula is C14H16F6N2O7. The SMILES string of the molecule is CC(=O)O[C@H]1C[C@H](NC(=O)C(F)(F)F)[C@H](OC(C)=O)[C@H](CNC(=O)C(F)(F)F)O1. The minimum Gasteiger partial charge on any atom is -0.458 e. The van der Waals surface area contributed by atoms with Crippen molar-refractivity contribution in [2.45, 2.75) is 57.2 Å². The van der Waals surface area contributed by atoms with E-state index in [0.29, 0.717) is 0 Å². The zero-order chi connectivity index (χ0) is 22.6. The van der Waals surface area contributed by atoms with Crippen LogP contribution in [-0.2, 0) is 33.4 Å². The van der Waals surface area contributed by atoms with Gasteiger partial charge >= 0.3 is 36.1 Å². The van der Waals surface area contributed by atoms with Gasteiger partial charge in [0.2, 0.25) is 6.29 Å². The number of hydrogen-bond acceptors (Lipinski definition) is 7. The van der Waals surface area contributed by atoms with Crippen LogP contribution in [0.15, 0.2) is 0 Å². The van der Waals surface area contributed by atoms with Gasteiger partial charge < -0.3 is 24.8 Å². The summed E-state index contributed by atoms with van der Waals surface area (Å²) in [5, 5.41) is 2.94. The molecule has 2 amide bonds. The van der Waals surface area contributed by atoms with Gasteiger partial charge in [-0.1, -0.05) is 0 Å². The van der Waals surface area contributed by atoms with Crippen molar-refractivity contribution < 1.29 is 59.7 Å². The smallest absolute Gasteiger partial charge is 0.458 e. The van der Waals surface area contributed by atoms with E-state index in [0.717, 1.165) is 13.8 Å². The highest BCUT2D eigenvalue weighted by Gasteiger charge is 2.48. The molecule has 0 aromatic carbocycles. The Labute approximate surface area is 159 Å². The molecule has 1 aliphatic heterocycles. The number of carbonyl (C=O) groups is 4. The van der Waals surface area contributed by atoms with E-state index >= 15 is 0 Å². The first-order valence-electron chi connectivity index (χ1n) is 7.84. The zero-order valence-corrected chi connectivity index (χ0v) is 14.8. The van der Waals surface area contributed by atoms with Crippen molar-refractivity contribution in [3.63, 3.8) is 0 Å². The molecule has 9 nitrogen and oxygen atoms in total. The van der Waals surface area contributed by atoms with Crippen molar-refractivity contribution >= 4 is 23.8 Å². The summed E-state index contributed by atoms with van der Waals surface area (Å²) in [6.45, 7) is 0.795. The number of halogens is 6. The topological polar surface area (TPSA) is 120 Å². The highest BCUT2D eigenvalue weighted by molar-refractivity contribution is 5.82. The van der Waals surface area contributed by atoms with Gasteiger partial charge in [0, 0.05) is 26.8 Å². The molecule has 0 saturated carbocycles. The molecule has 29 heavy (non-hydrogen) atoms. The van der Waals surface area contributed by atoms with Gasteiger partial charge in [-0.05, 0) is 0 Å². The Morgan fingerprint density at radius 2 is 1.45 bits per heavy atom. The molecule has 0 unspecified atom stereocenters. The largest absolute Gasteiger partial charge is 0.471 e. The summed E-state index contributed by atoms with van der Waals surface area (Å²) in [5.74, 6) is -6.82. The summed E-state index contributed by atoms with van der Waals surface area (Å²) in [6.07, 6.45) is -16.2. The molecule has 1 saturated heterocycles. The van der Waals surface area contributed by atoms with Crippen LogP contribution in [0.2, 0.25) is 0 Å². The second-order valence-electron chi connectivity index (χ2n) is 5.81. The summed E-state index contributed by atoms with van der Waals surface area (Å²) >= 11 is 0. The summed E-state index contributed by atoms with van der Waals surface area (Å²) < 4.78 is 89.3. The van der Waals surface area contributed by atoms with E-state index in [2.05, 4.69) is 4.74 Å². The number of rotatable bonds is 5. The first-order chi connectivity index (χ1) is 13.1. The molecule has 2 N–H and O–H groups in total. The van der Waals surface area contributed by atoms with Crippen molar-refractivity contribution in [1.29, 1.82) is 0 Å². The quantitative estimate of drug-likeness (QED) is 0.469. The number of alkyl halides is 6. The third kappa shape index (κ3) is 7.75. The van der Waals surface area contributed by atoms with Crippen LogP contribution < -0.4 is 10.6 Å². The fourth-order valence-electron chi connectivity index (χ4n) is 2.39. The van der Waals surface area contributed by atoms with E-state index in [1.807, 2.05) is 0 Å². The van der Waals surface area contributed by atoms with E-state index in [9.17, 15) is 45.5 Å². The van der Waals surface area contributed by atoms with Crippen LogP contribution in [0.5, 0.6) is 0 Å². The Kier molecular flexibility index (Phi) is 7.83. The maximum absolute atomic E-state index is 12.6. The molecule has 1 heterocycles. The lowest BCUT2D eigenvalue weighted by Crippen LogP contribution is -2.61. The highest BCUT2D eigenvalue weighted by atomic mass is 19.4. The number of carbonyl (C=O) groups excluding carboxylic acids is 4. The third-order valence-electron chi connectivity index (χ3n) is 3.43. The third-order valence-corrected chi connectivity index (χ3v) is 3.43. The van der Waals surface area contributed by atoms with E-state index in [1.165, 1.54) is 10.6 Å². The lowest BCUT2D eigenvalue weighted by molar-refractivity contribution is -0.233. The van der Waals surface area contributed by atoms with Crippen LogP contribution in [0, 0.1) is 0 Å². The first-order valence-corrected chi connectivity index (χ1v) is 7.84. The summed E-state index contributed by atoms with van der Waals surface area (Å²) in [5.41, 5.74) is 0. The molecule has 15 heteroatoms. The minimum absolute atomic E-state index is 0.608. The van der Waals surface area contributed by atoms with Gasteiger partial charge in [-0.3, -0.25) is 19.2 Å². The Morgan fingerprint density at radius 1 is 0.931 bits per heavy atom. The number of hydrogen-bond donors (Lipinski definition) is 2. The Morgan fingerprint density at radius 3 is 1.90 bits per heavy atom. The van der Waals surface area contributed by atoms with Gasteiger partial charge in [0.15, 0.2) is 0 Å². The Balaban J connectivity index is 3.10. The molecule has 0 aromatic heterocycles. The maximum Gasteiger partial charge on any atom is 0.471 e. The van der Waals surface area contributed by atoms with Crippen LogP contribution >= 0.6 is 0 Å². The normalized spacial score (nSPS) is 25.0. The molecule has 0 spiro atoms. The van der Waals surface area contributed by atoms with Gasteiger partial charge in [0.05, 0.1) is 6.04 Å². The van der Waals surface area contributed by atoms with Gasteiger partial charge in [-0.25, -0.2) is 0 Å². The molecule has 0 bridgehead atoms. The number of amides is 2. The summed E-state index contributed by atoms with van der Waals surface area (Å²) in [6, 6.07) is -1.65. The Bertz CT molecular complexity index is 651. The van der Waals surface area contributed by atoms with Crippen molar-refractivity contribution in [3.8, 4) is 0 Å². The molecule has 1 aliphatic rings. The standard InChI is InChI=1S/C14H16F6N2O7/c1-5(23)27-9-3-7(22-12(26)14(18,19)20)10(28-6(2)24)8(29-9)4-21-11(25)13(15,16)17/h7-10H,3-4H2,1-2H3,(H,21,25)(H,22,26)/t7-,8-,9+,10-/m0/s1. The average Bonchev–Trinajstić information content (AvgIpc) is 2.52. The van der Waals surface area contributed by atoms with Crippen molar-refractivity contribution in [1.82, 2.24) is 10.6 Å². The lowest BCUT2D eigenvalue weighted by atomic mass is 9.97. The Hall–Kier alpha value is -2.58. The second kappa shape index (κ2) is 9.28. The van der Waals surface area contributed by atoms with E-state index < -0.39 is 73.6 Å². The highest BCUT2D eigenvalue weighted by Crippen LogP contribution is 2.26. The fourth-order valence-corrected chi connectivity index (χ4v) is 2.39. The predicted molar refractivity (Wildman–Crippen MR) is 77.6 cm³/mol. The number of nitrogens with one attached hydrogen (secondary N) is 2. The van der Waals surface area contributed by atoms with Crippen LogP contribution in [0.25, 0.3) is 0 Å². The average molecular weight is 438 g/mol. The van der Waals surface area contributed by atoms with E-state index in [4.69, 9.17) is 9.47 Å². The molecule has 1 rings (SSSR count). The van der Waals surface area contributed by atoms with Crippen molar-refractivity contribution in [2.24, 2.45) is 0 Å². The van der Waals surface area contributed by atoms with Crippen LogP contribution in [-0.4, -0.2) is 67.2 Å². The molecule has 4 atom stereocenters. The predicted octanol–water partition coefficient (Wildman–Crippen LogP) is 0.322. The second-order valence-corrected chi connectivity index (χ2v) is 5.81. The van der Waals surface area contributed by atoms with Crippen LogP contribution in [0.3, 0.4) is 0 Å². The summed E-state index contributed by atoms with van der Waals surface area (Å²) in [7, 11) is 0. The van der Waals surface area contributed by atoms with E-state index in [-0.39, 0.29) is 0 Å². The van der Waals surface area contributed by atoms with Gasteiger partial charge in [-0.15, -0.1) is 0 Å². The van der Waals surface area contributed by atoms with Gasteiger partial charge in [0.25, 0.3) is 0 Å². The molecule has 166 valence electrons. The maximum atomic E-state index is 12.6. The van der Waals surface area contributed by atoms with Crippen LogP contribution in [0.4, 0.5) is 26.3 Å². The van der Waals surface area contributed by atoms with Crippen molar-refractivity contribution in [3.05, 3.63) is 0 Å². The molecular weight excluding hydrogens is 422 g/mol.